The van der Waals surface area contributed by atoms with Crippen LogP contribution < -0.4 is 10.2 Å². The lowest BCUT2D eigenvalue weighted by molar-refractivity contribution is -0.384. The molecule has 0 spiro atoms. The summed E-state index contributed by atoms with van der Waals surface area (Å²) >= 11 is 5.82. The van der Waals surface area contributed by atoms with E-state index in [1.807, 2.05) is 7.05 Å². The van der Waals surface area contributed by atoms with Crippen LogP contribution in [0.1, 0.15) is 25.7 Å². The fourth-order valence-corrected chi connectivity index (χ4v) is 2.82. The normalized spacial score (nSPS) is 19.1. The second-order valence-electron chi connectivity index (χ2n) is 4.99. The van der Waals surface area contributed by atoms with Gasteiger partial charge in [-0.3, -0.25) is 10.1 Å². The topological polar surface area (TPSA) is 71.3 Å². The highest BCUT2D eigenvalue weighted by Gasteiger charge is 2.29. The van der Waals surface area contributed by atoms with Gasteiger partial charge in [0.05, 0.1) is 9.95 Å². The van der Waals surface area contributed by atoms with Gasteiger partial charge in [-0.2, -0.15) is 0 Å². The van der Waals surface area contributed by atoms with Crippen LogP contribution in [0.5, 0.6) is 0 Å². The molecule has 20 heavy (non-hydrogen) atoms. The van der Waals surface area contributed by atoms with Gasteiger partial charge in [0.1, 0.15) is 0 Å². The molecular formula is C13H19ClN4O2. The van der Waals surface area contributed by atoms with E-state index in [9.17, 15) is 10.1 Å². The van der Waals surface area contributed by atoms with Crippen LogP contribution in [0.2, 0.25) is 5.02 Å². The molecule has 0 aliphatic carbocycles. The van der Waals surface area contributed by atoms with Crippen molar-refractivity contribution >= 4 is 23.1 Å². The average Bonchev–Trinajstić information content (AvgIpc) is 2.45. The molecule has 1 unspecified atom stereocenters. The molecule has 0 bridgehead atoms. The Morgan fingerprint density at radius 1 is 1.60 bits per heavy atom. The summed E-state index contributed by atoms with van der Waals surface area (Å²) in [5.41, 5.74) is -0.00569. The van der Waals surface area contributed by atoms with E-state index in [4.69, 9.17) is 11.6 Å². The van der Waals surface area contributed by atoms with Crippen molar-refractivity contribution in [2.45, 2.75) is 31.7 Å². The van der Waals surface area contributed by atoms with Crippen molar-refractivity contribution in [3.05, 3.63) is 27.4 Å². The molecule has 1 atom stereocenters. The van der Waals surface area contributed by atoms with Gasteiger partial charge in [-0.25, -0.2) is 4.98 Å². The fraction of sp³-hybridized carbons (Fsp3) is 0.615. The molecule has 0 saturated carbocycles. The predicted octanol–water partition coefficient (Wildman–Crippen LogP) is 2.61. The number of nitrogens with one attached hydrogen (secondary N) is 1. The van der Waals surface area contributed by atoms with Crippen molar-refractivity contribution < 1.29 is 4.92 Å². The minimum atomic E-state index is -0.405. The lowest BCUT2D eigenvalue weighted by Crippen LogP contribution is -2.41. The van der Waals surface area contributed by atoms with Crippen molar-refractivity contribution in [2.75, 3.05) is 25.0 Å². The molecule has 1 aromatic rings. The van der Waals surface area contributed by atoms with Crippen molar-refractivity contribution in [1.29, 1.82) is 0 Å². The van der Waals surface area contributed by atoms with Gasteiger partial charge in [-0.05, 0) is 39.3 Å². The third-order valence-electron chi connectivity index (χ3n) is 3.64. The van der Waals surface area contributed by atoms with Crippen molar-refractivity contribution in [2.24, 2.45) is 0 Å². The summed E-state index contributed by atoms with van der Waals surface area (Å²) in [5.74, 6) is 0.445. The summed E-state index contributed by atoms with van der Waals surface area (Å²) < 4.78 is 0. The lowest BCUT2D eigenvalue weighted by Gasteiger charge is -2.36. The Bertz CT molecular complexity index is 483. The number of anilines is 1. The Kier molecular flexibility index (Phi) is 5.14. The van der Waals surface area contributed by atoms with Gasteiger partial charge in [0.25, 0.3) is 0 Å². The largest absolute Gasteiger partial charge is 0.348 e. The SMILES string of the molecule is CNCCC1CCCCN1c1ncc(Cl)cc1[N+](=O)[O-]. The number of halogens is 1. The Labute approximate surface area is 123 Å². The molecule has 1 N–H and O–H groups in total. The second kappa shape index (κ2) is 6.85. The van der Waals surface area contributed by atoms with E-state index < -0.39 is 4.92 Å². The van der Waals surface area contributed by atoms with Gasteiger partial charge in [-0.15, -0.1) is 0 Å². The fourth-order valence-electron chi connectivity index (χ4n) is 2.67. The number of hydrogen-bond acceptors (Lipinski definition) is 5. The zero-order chi connectivity index (χ0) is 14.5. The predicted molar refractivity (Wildman–Crippen MR) is 79.4 cm³/mol. The Balaban J connectivity index is 2.29. The van der Waals surface area contributed by atoms with Crippen LogP contribution in [0, 0.1) is 10.1 Å². The zero-order valence-electron chi connectivity index (χ0n) is 11.5. The van der Waals surface area contributed by atoms with Crippen LogP contribution in [0.25, 0.3) is 0 Å². The first-order chi connectivity index (χ1) is 9.63. The van der Waals surface area contributed by atoms with E-state index in [0.717, 1.165) is 38.8 Å². The number of rotatable bonds is 5. The number of aromatic nitrogens is 1. The van der Waals surface area contributed by atoms with E-state index in [2.05, 4.69) is 15.2 Å². The van der Waals surface area contributed by atoms with Crippen LogP contribution in [0.15, 0.2) is 12.3 Å². The Morgan fingerprint density at radius 2 is 2.40 bits per heavy atom. The molecule has 1 fully saturated rings. The van der Waals surface area contributed by atoms with Crippen molar-refractivity contribution in [1.82, 2.24) is 10.3 Å². The van der Waals surface area contributed by atoms with Gasteiger partial charge in [0, 0.05) is 24.8 Å². The van der Waals surface area contributed by atoms with Crippen LogP contribution in [-0.4, -0.2) is 36.1 Å². The molecule has 7 heteroatoms. The molecule has 0 aromatic carbocycles. The monoisotopic (exact) mass is 298 g/mol. The van der Waals surface area contributed by atoms with Gasteiger partial charge in [0.15, 0.2) is 0 Å². The van der Waals surface area contributed by atoms with Crippen LogP contribution in [-0.2, 0) is 0 Å². The zero-order valence-corrected chi connectivity index (χ0v) is 12.3. The highest BCUT2D eigenvalue weighted by atomic mass is 35.5. The molecular weight excluding hydrogens is 280 g/mol. The second-order valence-corrected chi connectivity index (χ2v) is 5.43. The molecule has 0 amide bonds. The first-order valence-electron chi connectivity index (χ1n) is 6.84. The molecule has 1 aliphatic rings. The Morgan fingerprint density at radius 3 is 3.10 bits per heavy atom. The number of nitro groups is 1. The maximum absolute atomic E-state index is 11.2. The van der Waals surface area contributed by atoms with E-state index in [1.165, 1.54) is 12.3 Å². The van der Waals surface area contributed by atoms with E-state index in [-0.39, 0.29) is 5.69 Å². The summed E-state index contributed by atoms with van der Waals surface area (Å²) in [7, 11) is 1.91. The van der Waals surface area contributed by atoms with Crippen LogP contribution in [0.3, 0.4) is 0 Å². The summed E-state index contributed by atoms with van der Waals surface area (Å²) in [6.45, 7) is 1.70. The number of hydrogen-bond donors (Lipinski definition) is 1. The number of pyridine rings is 1. The van der Waals surface area contributed by atoms with Gasteiger partial charge >= 0.3 is 5.69 Å². The van der Waals surface area contributed by atoms with E-state index in [1.54, 1.807) is 0 Å². The third kappa shape index (κ3) is 3.37. The van der Waals surface area contributed by atoms with Gasteiger partial charge in [-0.1, -0.05) is 11.6 Å². The van der Waals surface area contributed by atoms with Crippen LogP contribution in [0.4, 0.5) is 11.5 Å². The molecule has 1 saturated heterocycles. The van der Waals surface area contributed by atoms with Crippen molar-refractivity contribution in [3.8, 4) is 0 Å². The maximum atomic E-state index is 11.2. The minimum Gasteiger partial charge on any atom is -0.348 e. The summed E-state index contributed by atoms with van der Waals surface area (Å²) in [6, 6.07) is 1.68. The van der Waals surface area contributed by atoms with Gasteiger partial charge in [0.2, 0.25) is 5.82 Å². The summed E-state index contributed by atoms with van der Waals surface area (Å²) in [6.07, 6.45) is 5.68. The summed E-state index contributed by atoms with van der Waals surface area (Å²) in [5, 5.41) is 14.6. The highest BCUT2D eigenvalue weighted by molar-refractivity contribution is 6.30. The van der Waals surface area contributed by atoms with Gasteiger partial charge < -0.3 is 10.2 Å². The molecule has 1 aromatic heterocycles. The van der Waals surface area contributed by atoms with E-state index >= 15 is 0 Å². The first kappa shape index (κ1) is 15.0. The lowest BCUT2D eigenvalue weighted by atomic mass is 9.99. The Hall–Kier alpha value is -1.40. The average molecular weight is 299 g/mol. The molecule has 0 radical (unpaired) electrons. The summed E-state index contributed by atoms with van der Waals surface area (Å²) in [4.78, 5) is 17.1. The molecule has 6 nitrogen and oxygen atoms in total. The smallest absolute Gasteiger partial charge is 0.313 e. The molecule has 1 aliphatic heterocycles. The molecule has 2 heterocycles. The van der Waals surface area contributed by atoms with Crippen LogP contribution >= 0.6 is 11.6 Å². The quantitative estimate of drug-likeness (QED) is 0.668. The van der Waals surface area contributed by atoms with E-state index in [0.29, 0.717) is 16.9 Å². The minimum absolute atomic E-state index is 0.00569. The number of nitrogens with zero attached hydrogens (tertiary/aromatic N) is 3. The third-order valence-corrected chi connectivity index (χ3v) is 3.84. The van der Waals surface area contributed by atoms with Crippen molar-refractivity contribution in [3.63, 3.8) is 0 Å². The standard InChI is InChI=1S/C13H19ClN4O2/c1-15-6-5-11-4-2-3-7-17(11)13-12(18(19)20)8-10(14)9-16-13/h8-9,11,15H,2-7H2,1H3. The highest BCUT2D eigenvalue weighted by Crippen LogP contribution is 2.33. The first-order valence-corrected chi connectivity index (χ1v) is 7.22. The number of piperidine rings is 1. The molecule has 110 valence electrons. The molecule has 2 rings (SSSR count). The maximum Gasteiger partial charge on any atom is 0.313 e.